The number of carbonyl (C=O) groups excluding carboxylic acids is 3. The second-order valence-electron chi connectivity index (χ2n) is 6.94. The van der Waals surface area contributed by atoms with Gasteiger partial charge in [0.25, 0.3) is 11.8 Å². The van der Waals surface area contributed by atoms with Gasteiger partial charge in [0.1, 0.15) is 0 Å². The smallest absolute Gasteiger partial charge is 0.269 e. The molecule has 2 aromatic rings. The van der Waals surface area contributed by atoms with Crippen LogP contribution in [0.15, 0.2) is 36.4 Å². The van der Waals surface area contributed by atoms with Gasteiger partial charge in [0.05, 0.1) is 24.4 Å². The number of methoxy groups -OCH3 is 1. The third-order valence-corrected chi connectivity index (χ3v) is 5.07. The van der Waals surface area contributed by atoms with Crippen molar-refractivity contribution in [2.75, 3.05) is 25.2 Å². The maximum Gasteiger partial charge on any atom is 0.269 e. The predicted molar refractivity (Wildman–Crippen MR) is 117 cm³/mol. The summed E-state index contributed by atoms with van der Waals surface area (Å²) in [5.41, 5.74) is 5.79. The SMILES string of the molecule is CCCOc1ccc(C(=O)NNC(=O)c2ccc(Cl)c(N3CCCC3=O)c2)cc1OC. The topological polar surface area (TPSA) is 97.0 Å². The zero-order valence-electron chi connectivity index (χ0n) is 17.4. The van der Waals surface area contributed by atoms with Gasteiger partial charge in [-0.15, -0.1) is 0 Å². The molecule has 31 heavy (non-hydrogen) atoms. The molecule has 164 valence electrons. The van der Waals surface area contributed by atoms with Crippen molar-refractivity contribution in [3.05, 3.63) is 52.5 Å². The summed E-state index contributed by atoms with van der Waals surface area (Å²) < 4.78 is 10.8. The Morgan fingerprint density at radius 2 is 1.74 bits per heavy atom. The number of anilines is 1. The van der Waals surface area contributed by atoms with Crippen molar-refractivity contribution in [3.63, 3.8) is 0 Å². The van der Waals surface area contributed by atoms with E-state index in [9.17, 15) is 14.4 Å². The highest BCUT2D eigenvalue weighted by Crippen LogP contribution is 2.30. The third kappa shape index (κ3) is 5.27. The van der Waals surface area contributed by atoms with Crippen molar-refractivity contribution < 1.29 is 23.9 Å². The number of halogens is 1. The molecule has 2 N–H and O–H groups in total. The van der Waals surface area contributed by atoms with Gasteiger partial charge in [-0.25, -0.2) is 0 Å². The number of carbonyl (C=O) groups is 3. The molecule has 1 saturated heterocycles. The molecule has 0 spiro atoms. The van der Waals surface area contributed by atoms with Gasteiger partial charge in [-0.2, -0.15) is 0 Å². The van der Waals surface area contributed by atoms with E-state index in [2.05, 4.69) is 10.9 Å². The molecule has 0 aromatic heterocycles. The number of benzene rings is 2. The van der Waals surface area contributed by atoms with Crippen LogP contribution in [0.2, 0.25) is 5.02 Å². The summed E-state index contributed by atoms with van der Waals surface area (Å²) in [7, 11) is 1.49. The first-order chi connectivity index (χ1) is 14.9. The molecule has 3 amide bonds. The minimum atomic E-state index is -0.534. The van der Waals surface area contributed by atoms with E-state index in [4.69, 9.17) is 21.1 Å². The van der Waals surface area contributed by atoms with Crippen LogP contribution in [-0.4, -0.2) is 38.0 Å². The van der Waals surface area contributed by atoms with Gasteiger partial charge in [-0.05, 0) is 49.2 Å². The number of ether oxygens (including phenoxy) is 2. The Hall–Kier alpha value is -3.26. The van der Waals surface area contributed by atoms with Gasteiger partial charge in [-0.3, -0.25) is 25.2 Å². The number of amides is 3. The van der Waals surface area contributed by atoms with Gasteiger partial charge in [0.15, 0.2) is 11.5 Å². The van der Waals surface area contributed by atoms with Crippen LogP contribution >= 0.6 is 11.6 Å². The highest BCUT2D eigenvalue weighted by molar-refractivity contribution is 6.34. The number of hydrazine groups is 1. The third-order valence-electron chi connectivity index (χ3n) is 4.75. The van der Waals surface area contributed by atoms with Crippen LogP contribution in [-0.2, 0) is 4.79 Å². The molecule has 3 rings (SSSR count). The van der Waals surface area contributed by atoms with Crippen molar-refractivity contribution in [3.8, 4) is 11.5 Å². The largest absolute Gasteiger partial charge is 0.493 e. The summed E-state index contributed by atoms with van der Waals surface area (Å²) in [5, 5.41) is 0.383. The first-order valence-electron chi connectivity index (χ1n) is 9.96. The average molecular weight is 446 g/mol. The van der Waals surface area contributed by atoms with Gasteiger partial charge >= 0.3 is 0 Å². The highest BCUT2D eigenvalue weighted by atomic mass is 35.5. The van der Waals surface area contributed by atoms with Gasteiger partial charge in [-0.1, -0.05) is 18.5 Å². The lowest BCUT2D eigenvalue weighted by atomic mass is 10.1. The lowest BCUT2D eigenvalue weighted by Gasteiger charge is -2.18. The summed E-state index contributed by atoms with van der Waals surface area (Å²) in [5.74, 6) is -0.126. The molecule has 2 aromatic carbocycles. The highest BCUT2D eigenvalue weighted by Gasteiger charge is 2.24. The zero-order valence-corrected chi connectivity index (χ0v) is 18.1. The maximum absolute atomic E-state index is 12.5. The number of hydrogen-bond donors (Lipinski definition) is 2. The summed E-state index contributed by atoms with van der Waals surface area (Å²) in [6.45, 7) is 3.08. The van der Waals surface area contributed by atoms with E-state index in [1.54, 1.807) is 23.1 Å². The molecule has 1 aliphatic heterocycles. The molecule has 1 fully saturated rings. The minimum absolute atomic E-state index is 0.0342. The first-order valence-corrected chi connectivity index (χ1v) is 10.3. The fourth-order valence-electron chi connectivity index (χ4n) is 3.16. The molecule has 1 heterocycles. The van der Waals surface area contributed by atoms with Crippen LogP contribution in [0.25, 0.3) is 0 Å². The van der Waals surface area contributed by atoms with Crippen molar-refractivity contribution in [2.24, 2.45) is 0 Å². The predicted octanol–water partition coefficient (Wildman–Crippen LogP) is 3.34. The molecule has 0 aliphatic carbocycles. The molecule has 0 saturated carbocycles. The number of nitrogens with zero attached hydrogens (tertiary/aromatic N) is 1. The summed E-state index contributed by atoms with van der Waals surface area (Å²) in [6.07, 6.45) is 2.04. The lowest BCUT2D eigenvalue weighted by Crippen LogP contribution is -2.41. The first kappa shape index (κ1) is 22.4. The summed E-state index contributed by atoms with van der Waals surface area (Å²) >= 11 is 6.21. The van der Waals surface area contributed by atoms with Crippen LogP contribution < -0.4 is 25.2 Å². The normalized spacial score (nSPS) is 13.1. The van der Waals surface area contributed by atoms with Gasteiger partial charge < -0.3 is 14.4 Å². The molecule has 8 nitrogen and oxygen atoms in total. The number of rotatable bonds is 7. The Morgan fingerprint density at radius 3 is 2.35 bits per heavy atom. The molecular weight excluding hydrogens is 422 g/mol. The van der Waals surface area contributed by atoms with E-state index in [0.29, 0.717) is 47.3 Å². The van der Waals surface area contributed by atoms with Crippen LogP contribution in [0.5, 0.6) is 11.5 Å². The Bertz CT molecular complexity index is 995. The number of hydrogen-bond acceptors (Lipinski definition) is 5. The monoisotopic (exact) mass is 445 g/mol. The van der Waals surface area contributed by atoms with E-state index >= 15 is 0 Å². The minimum Gasteiger partial charge on any atom is -0.493 e. The van der Waals surface area contributed by atoms with Crippen molar-refractivity contribution >= 4 is 35.0 Å². The maximum atomic E-state index is 12.5. The van der Waals surface area contributed by atoms with Crippen molar-refractivity contribution in [2.45, 2.75) is 26.2 Å². The van der Waals surface area contributed by atoms with E-state index in [-0.39, 0.29) is 11.5 Å². The molecule has 0 unspecified atom stereocenters. The molecule has 9 heteroatoms. The fourth-order valence-corrected chi connectivity index (χ4v) is 3.38. The van der Waals surface area contributed by atoms with Crippen molar-refractivity contribution in [1.82, 2.24) is 10.9 Å². The van der Waals surface area contributed by atoms with Crippen LogP contribution in [0.3, 0.4) is 0 Å². The van der Waals surface area contributed by atoms with E-state index < -0.39 is 11.8 Å². The Balaban J connectivity index is 1.67. The van der Waals surface area contributed by atoms with E-state index in [1.165, 1.54) is 25.3 Å². The molecule has 0 radical (unpaired) electrons. The van der Waals surface area contributed by atoms with Crippen LogP contribution in [0.4, 0.5) is 5.69 Å². The van der Waals surface area contributed by atoms with Gasteiger partial charge in [0.2, 0.25) is 5.91 Å². The Morgan fingerprint density at radius 1 is 1.06 bits per heavy atom. The van der Waals surface area contributed by atoms with Gasteiger partial charge in [0, 0.05) is 24.1 Å². The fraction of sp³-hybridized carbons (Fsp3) is 0.318. The van der Waals surface area contributed by atoms with E-state index in [0.717, 1.165) is 12.8 Å². The lowest BCUT2D eigenvalue weighted by molar-refractivity contribution is -0.117. The molecule has 1 aliphatic rings. The number of nitrogens with one attached hydrogen (secondary N) is 2. The Kier molecular flexibility index (Phi) is 7.36. The quantitative estimate of drug-likeness (QED) is 0.637. The second kappa shape index (κ2) is 10.2. The molecule has 0 atom stereocenters. The molecule has 0 bridgehead atoms. The Labute approximate surface area is 185 Å². The molecular formula is C22H24ClN3O5. The standard InChI is InChI=1S/C22H24ClN3O5/c1-3-11-31-18-9-7-15(13-19(18)30-2)22(29)25-24-21(28)14-6-8-16(23)17(12-14)26-10-4-5-20(26)27/h6-9,12-13H,3-5,10-11H2,1-2H3,(H,24,28)(H,25,29). The van der Waals surface area contributed by atoms with Crippen molar-refractivity contribution in [1.29, 1.82) is 0 Å². The van der Waals surface area contributed by atoms with E-state index in [1.807, 2.05) is 6.92 Å². The second-order valence-corrected chi connectivity index (χ2v) is 7.34. The average Bonchev–Trinajstić information content (AvgIpc) is 3.21. The summed E-state index contributed by atoms with van der Waals surface area (Å²) in [4.78, 5) is 38.5. The van der Waals surface area contributed by atoms with Crippen LogP contribution in [0.1, 0.15) is 46.9 Å². The zero-order chi connectivity index (χ0) is 22.4. The van der Waals surface area contributed by atoms with Crippen LogP contribution in [0, 0.1) is 0 Å². The summed E-state index contributed by atoms with van der Waals surface area (Å²) in [6, 6.07) is 9.37.